The second kappa shape index (κ2) is 6.45. The van der Waals surface area contributed by atoms with Crippen molar-refractivity contribution in [3.8, 4) is 0 Å². The van der Waals surface area contributed by atoms with Gasteiger partial charge in [-0.15, -0.1) is 0 Å². The SMILES string of the molecule is O=C1c2cccc([N+](=O)[O-])c2C(=O)N1CCCCCCO. The highest BCUT2D eigenvalue weighted by molar-refractivity contribution is 6.23. The molecular weight excluding hydrogens is 276 g/mol. The van der Waals surface area contributed by atoms with E-state index in [0.717, 1.165) is 17.7 Å². The molecule has 7 nitrogen and oxygen atoms in total. The number of nitrogens with zero attached hydrogens (tertiary/aromatic N) is 2. The van der Waals surface area contributed by atoms with Crippen LogP contribution in [-0.2, 0) is 0 Å². The number of hydrogen-bond acceptors (Lipinski definition) is 5. The Bertz CT molecular complexity index is 585. The summed E-state index contributed by atoms with van der Waals surface area (Å²) < 4.78 is 0. The second-order valence-electron chi connectivity index (χ2n) is 4.86. The zero-order valence-electron chi connectivity index (χ0n) is 11.4. The van der Waals surface area contributed by atoms with Gasteiger partial charge in [0.25, 0.3) is 17.5 Å². The van der Waals surface area contributed by atoms with Gasteiger partial charge in [-0.1, -0.05) is 18.9 Å². The molecule has 1 N–H and O–H groups in total. The fourth-order valence-electron chi connectivity index (χ4n) is 2.41. The molecule has 0 aromatic heterocycles. The van der Waals surface area contributed by atoms with Gasteiger partial charge in [-0.05, 0) is 18.9 Å². The van der Waals surface area contributed by atoms with E-state index < -0.39 is 16.7 Å². The van der Waals surface area contributed by atoms with E-state index in [4.69, 9.17) is 5.11 Å². The highest BCUT2D eigenvalue weighted by Gasteiger charge is 2.40. The molecule has 0 radical (unpaired) electrons. The third-order valence-corrected chi connectivity index (χ3v) is 3.46. The molecule has 1 heterocycles. The van der Waals surface area contributed by atoms with E-state index in [2.05, 4.69) is 0 Å². The van der Waals surface area contributed by atoms with Gasteiger partial charge in [0.05, 0.1) is 10.5 Å². The Balaban J connectivity index is 2.11. The maximum absolute atomic E-state index is 12.2. The predicted molar refractivity (Wildman–Crippen MR) is 74.0 cm³/mol. The number of hydrogen-bond donors (Lipinski definition) is 1. The topological polar surface area (TPSA) is 101 Å². The Hall–Kier alpha value is -2.28. The van der Waals surface area contributed by atoms with Gasteiger partial charge in [0.15, 0.2) is 0 Å². The fourth-order valence-corrected chi connectivity index (χ4v) is 2.41. The molecule has 1 aromatic rings. The Morgan fingerprint density at radius 2 is 1.81 bits per heavy atom. The maximum atomic E-state index is 12.2. The molecule has 0 saturated heterocycles. The standard InChI is InChI=1S/C14H16N2O5/c17-9-4-2-1-3-8-15-13(18)10-6-5-7-11(16(20)21)12(10)14(15)19/h5-7,17H,1-4,8-9H2. The van der Waals surface area contributed by atoms with Crippen molar-refractivity contribution < 1.29 is 19.6 Å². The first kappa shape index (κ1) is 15.1. The van der Waals surface area contributed by atoms with Crippen LogP contribution in [0.1, 0.15) is 46.4 Å². The summed E-state index contributed by atoms with van der Waals surface area (Å²) in [5.41, 5.74) is -0.332. The quantitative estimate of drug-likeness (QED) is 0.357. The number of nitro groups is 1. The summed E-state index contributed by atoms with van der Waals surface area (Å²) in [7, 11) is 0. The van der Waals surface area contributed by atoms with Crippen molar-refractivity contribution in [1.82, 2.24) is 4.90 Å². The Labute approximate surface area is 121 Å². The van der Waals surface area contributed by atoms with Gasteiger partial charge in [-0.2, -0.15) is 0 Å². The van der Waals surface area contributed by atoms with Crippen LogP contribution in [0.15, 0.2) is 18.2 Å². The largest absolute Gasteiger partial charge is 0.396 e. The lowest BCUT2D eigenvalue weighted by molar-refractivity contribution is -0.385. The number of carbonyl (C=O) groups excluding carboxylic acids is 2. The number of aliphatic hydroxyl groups is 1. The van der Waals surface area contributed by atoms with E-state index in [0.29, 0.717) is 12.8 Å². The first-order valence-electron chi connectivity index (χ1n) is 6.82. The van der Waals surface area contributed by atoms with E-state index in [1.807, 2.05) is 0 Å². The first-order valence-corrected chi connectivity index (χ1v) is 6.82. The second-order valence-corrected chi connectivity index (χ2v) is 4.86. The number of fused-ring (bicyclic) bond motifs is 1. The molecule has 0 fully saturated rings. The summed E-state index contributed by atoms with van der Waals surface area (Å²) in [6.45, 7) is 0.369. The number of carbonyl (C=O) groups is 2. The summed E-state index contributed by atoms with van der Waals surface area (Å²) in [6, 6.07) is 4.08. The number of amides is 2. The average Bonchev–Trinajstić information content (AvgIpc) is 2.71. The van der Waals surface area contributed by atoms with Crippen LogP contribution in [0.25, 0.3) is 0 Å². The van der Waals surface area contributed by atoms with Crippen LogP contribution in [0.4, 0.5) is 5.69 Å². The molecule has 1 aliphatic rings. The van der Waals surface area contributed by atoms with Crippen LogP contribution >= 0.6 is 0 Å². The molecule has 2 rings (SSSR count). The van der Waals surface area contributed by atoms with Gasteiger partial charge in [0.1, 0.15) is 5.56 Å². The summed E-state index contributed by atoms with van der Waals surface area (Å²) in [5, 5.41) is 19.6. The molecule has 1 aliphatic heterocycles. The number of rotatable bonds is 7. The van der Waals surface area contributed by atoms with Crippen molar-refractivity contribution in [2.45, 2.75) is 25.7 Å². The van der Waals surface area contributed by atoms with Crippen LogP contribution in [0.5, 0.6) is 0 Å². The van der Waals surface area contributed by atoms with Crippen molar-refractivity contribution >= 4 is 17.5 Å². The average molecular weight is 292 g/mol. The summed E-state index contributed by atoms with van der Waals surface area (Å²) in [6.07, 6.45) is 2.92. The minimum atomic E-state index is -0.644. The maximum Gasteiger partial charge on any atom is 0.282 e. The molecule has 0 unspecified atom stereocenters. The zero-order valence-corrected chi connectivity index (χ0v) is 11.4. The molecule has 7 heteroatoms. The summed E-state index contributed by atoms with van der Waals surface area (Å²) >= 11 is 0. The normalized spacial score (nSPS) is 13.7. The van der Waals surface area contributed by atoms with Crippen molar-refractivity contribution in [2.24, 2.45) is 0 Å². The van der Waals surface area contributed by atoms with Crippen LogP contribution in [0, 0.1) is 10.1 Å². The van der Waals surface area contributed by atoms with E-state index in [9.17, 15) is 19.7 Å². The van der Waals surface area contributed by atoms with Crippen LogP contribution in [0.2, 0.25) is 0 Å². The van der Waals surface area contributed by atoms with Crippen molar-refractivity contribution in [1.29, 1.82) is 0 Å². The minimum absolute atomic E-state index is 0.101. The van der Waals surface area contributed by atoms with Gasteiger partial charge in [-0.3, -0.25) is 24.6 Å². The third kappa shape index (κ3) is 2.92. The van der Waals surface area contributed by atoms with Gasteiger partial charge in [0, 0.05) is 19.2 Å². The smallest absolute Gasteiger partial charge is 0.282 e. The zero-order chi connectivity index (χ0) is 15.4. The van der Waals surface area contributed by atoms with Crippen molar-refractivity contribution in [2.75, 3.05) is 13.2 Å². The van der Waals surface area contributed by atoms with Gasteiger partial charge in [0.2, 0.25) is 0 Å². The van der Waals surface area contributed by atoms with Crippen molar-refractivity contribution in [3.05, 3.63) is 39.4 Å². The Morgan fingerprint density at radius 3 is 2.48 bits per heavy atom. The molecule has 0 spiro atoms. The van der Waals surface area contributed by atoms with Gasteiger partial charge >= 0.3 is 0 Å². The Kier molecular flexibility index (Phi) is 4.64. The first-order chi connectivity index (χ1) is 10.1. The van der Waals surface area contributed by atoms with E-state index in [1.165, 1.54) is 18.2 Å². The molecule has 0 bridgehead atoms. The van der Waals surface area contributed by atoms with Crippen LogP contribution in [-0.4, -0.2) is 39.9 Å². The molecule has 112 valence electrons. The molecule has 2 amide bonds. The highest BCUT2D eigenvalue weighted by atomic mass is 16.6. The van der Waals surface area contributed by atoms with Crippen molar-refractivity contribution in [3.63, 3.8) is 0 Å². The van der Waals surface area contributed by atoms with Crippen LogP contribution < -0.4 is 0 Å². The van der Waals surface area contributed by atoms with E-state index in [-0.39, 0.29) is 30.0 Å². The Morgan fingerprint density at radius 1 is 1.10 bits per heavy atom. The highest BCUT2D eigenvalue weighted by Crippen LogP contribution is 2.30. The number of nitro benzene ring substituents is 1. The molecule has 0 aliphatic carbocycles. The predicted octanol–water partition coefficient (Wildman–Crippen LogP) is 1.74. The molecule has 1 aromatic carbocycles. The molecular formula is C14H16N2O5. The monoisotopic (exact) mass is 292 g/mol. The minimum Gasteiger partial charge on any atom is -0.396 e. The lowest BCUT2D eigenvalue weighted by Crippen LogP contribution is -2.30. The molecule has 0 atom stereocenters. The lowest BCUT2D eigenvalue weighted by Gasteiger charge is -2.13. The molecule has 21 heavy (non-hydrogen) atoms. The number of benzene rings is 1. The number of imide groups is 1. The number of aliphatic hydroxyl groups excluding tert-OH is 1. The van der Waals surface area contributed by atoms with E-state index >= 15 is 0 Å². The van der Waals surface area contributed by atoms with Gasteiger partial charge in [-0.25, -0.2) is 0 Å². The number of unbranched alkanes of at least 4 members (excludes halogenated alkanes) is 3. The lowest BCUT2D eigenvalue weighted by atomic mass is 10.1. The molecule has 0 saturated carbocycles. The third-order valence-electron chi connectivity index (χ3n) is 3.46. The van der Waals surface area contributed by atoms with E-state index in [1.54, 1.807) is 0 Å². The van der Waals surface area contributed by atoms with Gasteiger partial charge < -0.3 is 5.11 Å². The van der Waals surface area contributed by atoms with Crippen LogP contribution in [0.3, 0.4) is 0 Å². The fraction of sp³-hybridized carbons (Fsp3) is 0.429. The summed E-state index contributed by atoms with van der Waals surface area (Å²) in [5.74, 6) is -1.06. The summed E-state index contributed by atoms with van der Waals surface area (Å²) in [4.78, 5) is 35.7.